The smallest absolute Gasteiger partial charge is 0.183 e. The van der Waals surface area contributed by atoms with Gasteiger partial charge in [-0.25, -0.2) is 8.42 Å². The third kappa shape index (κ3) is 4.99. The van der Waals surface area contributed by atoms with Gasteiger partial charge in [0.15, 0.2) is 9.84 Å². The molecule has 0 heterocycles. The molecular weight excluding hydrogens is 326 g/mol. The number of rotatable bonds is 6. The van der Waals surface area contributed by atoms with Gasteiger partial charge >= 0.3 is 0 Å². The third-order valence-corrected chi connectivity index (χ3v) is 5.18. The molecule has 0 saturated carbocycles. The Hall–Kier alpha value is -0.810. The van der Waals surface area contributed by atoms with Crippen molar-refractivity contribution in [2.24, 2.45) is 0 Å². The molecule has 0 aliphatic carbocycles. The van der Waals surface area contributed by atoms with Crippen molar-refractivity contribution in [1.82, 2.24) is 5.32 Å². The lowest BCUT2D eigenvalue weighted by Gasteiger charge is -2.27. The summed E-state index contributed by atoms with van der Waals surface area (Å²) in [6.07, 6.45) is 0.893. The highest BCUT2D eigenvalue weighted by atomic mass is 79.9. The van der Waals surface area contributed by atoms with E-state index in [2.05, 4.69) is 27.8 Å². The zero-order valence-corrected chi connectivity index (χ0v) is 13.9. The van der Waals surface area contributed by atoms with Gasteiger partial charge in [-0.1, -0.05) is 29.4 Å². The van der Waals surface area contributed by atoms with E-state index >= 15 is 0 Å². The first-order valence-electron chi connectivity index (χ1n) is 6.10. The molecule has 1 aromatic carbocycles. The summed E-state index contributed by atoms with van der Waals surface area (Å²) in [4.78, 5) is 0.313. The molecule has 0 fully saturated rings. The van der Waals surface area contributed by atoms with E-state index in [-0.39, 0.29) is 11.3 Å². The van der Waals surface area contributed by atoms with Crippen molar-refractivity contribution < 1.29 is 8.42 Å². The van der Waals surface area contributed by atoms with Gasteiger partial charge in [0, 0.05) is 15.7 Å². The molecule has 0 atom stereocenters. The number of sulfone groups is 1. The van der Waals surface area contributed by atoms with Crippen molar-refractivity contribution in [2.45, 2.75) is 37.6 Å². The Kier molecular flexibility index (Phi) is 5.21. The molecule has 0 aromatic heterocycles. The Morgan fingerprint density at radius 1 is 1.32 bits per heavy atom. The molecular formula is C14H20BrNO2S. The minimum atomic E-state index is -3.34. The number of hydrogen-bond acceptors (Lipinski definition) is 3. The predicted molar refractivity (Wildman–Crippen MR) is 82.8 cm³/mol. The monoisotopic (exact) mass is 345 g/mol. The average molecular weight is 346 g/mol. The second-order valence-corrected chi connectivity index (χ2v) is 8.08. The number of benzene rings is 1. The first-order valence-corrected chi connectivity index (χ1v) is 8.55. The standard InChI is InChI=1S/C14H20BrNO2S/c1-5-14(3,4)16-11(2)10-19(17,18)13-8-6-12(15)7-9-13/h6-9,16H,2,5,10H2,1,3-4H3. The zero-order valence-electron chi connectivity index (χ0n) is 11.5. The van der Waals surface area contributed by atoms with Crippen molar-refractivity contribution in [2.75, 3.05) is 5.75 Å². The molecule has 5 heteroatoms. The van der Waals surface area contributed by atoms with Gasteiger partial charge in [0.2, 0.25) is 0 Å². The largest absolute Gasteiger partial charge is 0.383 e. The molecule has 0 radical (unpaired) electrons. The maximum atomic E-state index is 12.2. The van der Waals surface area contributed by atoms with Gasteiger partial charge in [0.25, 0.3) is 0 Å². The summed E-state index contributed by atoms with van der Waals surface area (Å²) < 4.78 is 25.3. The summed E-state index contributed by atoms with van der Waals surface area (Å²) in [5, 5.41) is 3.16. The van der Waals surface area contributed by atoms with Gasteiger partial charge in [-0.3, -0.25) is 0 Å². The molecule has 1 rings (SSSR count). The molecule has 19 heavy (non-hydrogen) atoms. The van der Waals surface area contributed by atoms with Crippen molar-refractivity contribution >= 4 is 25.8 Å². The van der Waals surface area contributed by atoms with E-state index < -0.39 is 9.84 Å². The SMILES string of the molecule is C=C(CS(=O)(=O)c1ccc(Br)cc1)NC(C)(C)CC. The van der Waals surface area contributed by atoms with Crippen LogP contribution in [0.5, 0.6) is 0 Å². The Morgan fingerprint density at radius 3 is 2.32 bits per heavy atom. The third-order valence-electron chi connectivity index (χ3n) is 2.94. The lowest BCUT2D eigenvalue weighted by molar-refractivity contribution is 0.415. The summed E-state index contributed by atoms with van der Waals surface area (Å²) in [6.45, 7) is 9.90. The Balaban J connectivity index is 2.81. The summed E-state index contributed by atoms with van der Waals surface area (Å²) in [7, 11) is -3.34. The average Bonchev–Trinajstić information content (AvgIpc) is 2.28. The van der Waals surface area contributed by atoms with E-state index in [1.807, 2.05) is 20.8 Å². The fourth-order valence-corrected chi connectivity index (χ4v) is 3.07. The van der Waals surface area contributed by atoms with E-state index in [1.165, 1.54) is 0 Å². The first kappa shape index (κ1) is 16.2. The van der Waals surface area contributed by atoms with Crippen molar-refractivity contribution in [1.29, 1.82) is 0 Å². The predicted octanol–water partition coefficient (Wildman–Crippen LogP) is 3.51. The van der Waals surface area contributed by atoms with Gasteiger partial charge < -0.3 is 5.32 Å². The van der Waals surface area contributed by atoms with Gasteiger partial charge in [-0.15, -0.1) is 0 Å². The highest BCUT2D eigenvalue weighted by Gasteiger charge is 2.20. The highest BCUT2D eigenvalue weighted by molar-refractivity contribution is 9.10. The normalized spacial score (nSPS) is 12.2. The van der Waals surface area contributed by atoms with Crippen LogP contribution in [0.25, 0.3) is 0 Å². The summed E-state index contributed by atoms with van der Waals surface area (Å²) in [5.41, 5.74) is 0.376. The van der Waals surface area contributed by atoms with Crippen molar-refractivity contribution in [3.05, 3.63) is 41.0 Å². The van der Waals surface area contributed by atoms with Crippen LogP contribution in [0.4, 0.5) is 0 Å². The number of hydrogen-bond donors (Lipinski definition) is 1. The molecule has 3 nitrogen and oxygen atoms in total. The lowest BCUT2D eigenvalue weighted by Crippen LogP contribution is -2.39. The highest BCUT2D eigenvalue weighted by Crippen LogP contribution is 2.18. The Morgan fingerprint density at radius 2 is 1.84 bits per heavy atom. The molecule has 1 aromatic rings. The molecule has 0 unspecified atom stereocenters. The van der Waals surface area contributed by atoms with Crippen LogP contribution in [0.3, 0.4) is 0 Å². The van der Waals surface area contributed by atoms with Crippen LogP contribution < -0.4 is 5.32 Å². The summed E-state index contributed by atoms with van der Waals surface area (Å²) in [6, 6.07) is 6.63. The fraction of sp³-hybridized carbons (Fsp3) is 0.429. The molecule has 0 bridgehead atoms. The van der Waals surface area contributed by atoms with E-state index in [0.29, 0.717) is 10.6 Å². The van der Waals surface area contributed by atoms with Crippen molar-refractivity contribution in [3.63, 3.8) is 0 Å². The van der Waals surface area contributed by atoms with Crippen LogP contribution in [-0.4, -0.2) is 19.7 Å². The van der Waals surface area contributed by atoms with Crippen LogP contribution in [-0.2, 0) is 9.84 Å². The molecule has 106 valence electrons. The van der Waals surface area contributed by atoms with Crippen molar-refractivity contribution in [3.8, 4) is 0 Å². The van der Waals surface area contributed by atoms with Gasteiger partial charge in [0.05, 0.1) is 10.6 Å². The second kappa shape index (κ2) is 6.09. The fourth-order valence-electron chi connectivity index (χ4n) is 1.56. The van der Waals surface area contributed by atoms with Crippen LogP contribution in [0.15, 0.2) is 45.9 Å². The number of halogens is 1. The van der Waals surface area contributed by atoms with Crippen LogP contribution in [0.1, 0.15) is 27.2 Å². The van der Waals surface area contributed by atoms with Gasteiger partial charge in [-0.05, 0) is 44.5 Å². The zero-order chi connectivity index (χ0) is 14.7. The molecule has 1 N–H and O–H groups in total. The van der Waals surface area contributed by atoms with E-state index in [0.717, 1.165) is 10.9 Å². The minimum absolute atomic E-state index is 0.0853. The molecule has 0 saturated heterocycles. The topological polar surface area (TPSA) is 46.2 Å². The van der Waals surface area contributed by atoms with E-state index in [1.54, 1.807) is 24.3 Å². The molecule has 0 spiro atoms. The summed E-state index contributed by atoms with van der Waals surface area (Å²) in [5.74, 6) is -0.0853. The van der Waals surface area contributed by atoms with Gasteiger partial charge in [0.1, 0.15) is 0 Å². The second-order valence-electron chi connectivity index (χ2n) is 5.18. The van der Waals surface area contributed by atoms with Gasteiger partial charge in [-0.2, -0.15) is 0 Å². The minimum Gasteiger partial charge on any atom is -0.383 e. The van der Waals surface area contributed by atoms with E-state index in [9.17, 15) is 8.42 Å². The lowest BCUT2D eigenvalue weighted by atomic mass is 10.0. The molecule has 0 aliphatic rings. The Bertz CT molecular complexity index is 547. The summed E-state index contributed by atoms with van der Waals surface area (Å²) >= 11 is 3.29. The quantitative estimate of drug-likeness (QED) is 0.857. The first-order chi connectivity index (χ1) is 8.66. The van der Waals surface area contributed by atoms with Crippen LogP contribution in [0.2, 0.25) is 0 Å². The van der Waals surface area contributed by atoms with Crippen LogP contribution >= 0.6 is 15.9 Å². The molecule has 0 aliphatic heterocycles. The number of nitrogens with one attached hydrogen (secondary N) is 1. The van der Waals surface area contributed by atoms with E-state index in [4.69, 9.17) is 0 Å². The molecule has 0 amide bonds. The maximum absolute atomic E-state index is 12.2. The maximum Gasteiger partial charge on any atom is 0.183 e. The Labute approximate surface area is 124 Å². The van der Waals surface area contributed by atoms with Crippen LogP contribution in [0, 0.1) is 0 Å².